The van der Waals surface area contributed by atoms with Gasteiger partial charge in [0.05, 0.1) is 31.2 Å². The van der Waals surface area contributed by atoms with E-state index in [1.165, 1.54) is 32.1 Å². The first kappa shape index (κ1) is 28.9. The van der Waals surface area contributed by atoms with Crippen LogP contribution < -0.4 is 14.8 Å². The molecule has 41 heavy (non-hydrogen) atoms. The molecule has 1 aromatic carbocycles. The van der Waals surface area contributed by atoms with E-state index in [0.717, 1.165) is 63.9 Å². The van der Waals surface area contributed by atoms with Gasteiger partial charge in [-0.2, -0.15) is 0 Å². The maximum Gasteiger partial charge on any atom is 0.253 e. The SMILES string of the molecule is CCc1cc(-c2nc(-c3cc(C(=O)NCC4CCCCC4)c(C)n3CCc3ccc(OC)c(OC)c3)cs2)ccn1. The molecule has 0 spiro atoms. The molecule has 216 valence electrons. The number of nitrogens with zero attached hydrogens (tertiary/aromatic N) is 3. The lowest BCUT2D eigenvalue weighted by Crippen LogP contribution is -2.30. The van der Waals surface area contributed by atoms with Crippen LogP contribution in [0.4, 0.5) is 0 Å². The van der Waals surface area contributed by atoms with Crippen LogP contribution in [0.3, 0.4) is 0 Å². The van der Waals surface area contributed by atoms with Crippen LogP contribution in [-0.2, 0) is 19.4 Å². The fourth-order valence-electron chi connectivity index (χ4n) is 5.70. The van der Waals surface area contributed by atoms with E-state index in [0.29, 0.717) is 24.0 Å². The molecule has 1 N–H and O–H groups in total. The molecule has 3 heterocycles. The lowest BCUT2D eigenvalue weighted by atomic mass is 9.89. The number of thiazole rings is 1. The zero-order chi connectivity index (χ0) is 28.8. The van der Waals surface area contributed by atoms with Crippen molar-refractivity contribution in [1.82, 2.24) is 19.9 Å². The van der Waals surface area contributed by atoms with Crippen LogP contribution in [0.15, 0.2) is 48.0 Å². The number of pyridine rings is 1. The van der Waals surface area contributed by atoms with Crippen molar-refractivity contribution in [2.24, 2.45) is 5.92 Å². The largest absolute Gasteiger partial charge is 0.493 e. The van der Waals surface area contributed by atoms with Crippen LogP contribution in [0.1, 0.15) is 66.3 Å². The smallest absolute Gasteiger partial charge is 0.253 e. The van der Waals surface area contributed by atoms with E-state index in [-0.39, 0.29) is 5.91 Å². The number of hydrogen-bond acceptors (Lipinski definition) is 6. The second-order valence-corrected chi connectivity index (χ2v) is 11.6. The maximum absolute atomic E-state index is 13.5. The third kappa shape index (κ3) is 6.64. The molecule has 0 radical (unpaired) electrons. The van der Waals surface area contributed by atoms with Gasteiger partial charge in [-0.3, -0.25) is 9.78 Å². The predicted octanol–water partition coefficient (Wildman–Crippen LogP) is 7.11. The Balaban J connectivity index is 1.44. The molecule has 1 aliphatic rings. The quantitative estimate of drug-likeness (QED) is 0.207. The lowest BCUT2D eigenvalue weighted by molar-refractivity contribution is 0.0943. The highest BCUT2D eigenvalue weighted by Gasteiger charge is 2.22. The summed E-state index contributed by atoms with van der Waals surface area (Å²) in [7, 11) is 3.30. The Kier molecular flexibility index (Phi) is 9.39. The Labute approximate surface area is 247 Å². The number of aromatic nitrogens is 3. The molecule has 1 amide bonds. The summed E-state index contributed by atoms with van der Waals surface area (Å²) in [6.45, 7) is 5.59. The van der Waals surface area contributed by atoms with Crippen molar-refractivity contribution in [3.63, 3.8) is 0 Å². The van der Waals surface area contributed by atoms with Crippen molar-refractivity contribution in [2.75, 3.05) is 20.8 Å². The predicted molar refractivity (Wildman–Crippen MR) is 165 cm³/mol. The van der Waals surface area contributed by atoms with Crippen LogP contribution in [0.2, 0.25) is 0 Å². The van der Waals surface area contributed by atoms with Gasteiger partial charge in [-0.25, -0.2) is 4.98 Å². The summed E-state index contributed by atoms with van der Waals surface area (Å²) in [4.78, 5) is 22.9. The first-order valence-electron chi connectivity index (χ1n) is 14.6. The molecule has 0 aliphatic heterocycles. The van der Waals surface area contributed by atoms with Gasteiger partial charge in [0.25, 0.3) is 5.91 Å². The van der Waals surface area contributed by atoms with E-state index in [1.807, 2.05) is 37.4 Å². The number of hydrogen-bond donors (Lipinski definition) is 1. The van der Waals surface area contributed by atoms with E-state index in [2.05, 4.69) is 39.3 Å². The van der Waals surface area contributed by atoms with Gasteiger partial charge in [0.15, 0.2) is 11.5 Å². The Morgan fingerprint density at radius 3 is 2.63 bits per heavy atom. The van der Waals surface area contributed by atoms with Gasteiger partial charge in [0.1, 0.15) is 5.01 Å². The Hall–Kier alpha value is -3.65. The molecule has 0 bridgehead atoms. The van der Waals surface area contributed by atoms with E-state index in [9.17, 15) is 4.79 Å². The number of rotatable bonds is 11. The molecule has 1 fully saturated rings. The number of carbonyl (C=O) groups is 1. The topological polar surface area (TPSA) is 78.3 Å². The fourth-order valence-corrected chi connectivity index (χ4v) is 6.52. The van der Waals surface area contributed by atoms with E-state index < -0.39 is 0 Å². The number of benzene rings is 1. The fraction of sp³-hybridized carbons (Fsp3) is 0.424. The normalized spacial score (nSPS) is 13.8. The zero-order valence-corrected chi connectivity index (χ0v) is 25.4. The maximum atomic E-state index is 13.5. The van der Waals surface area contributed by atoms with Crippen molar-refractivity contribution in [2.45, 2.75) is 65.3 Å². The standard InChI is InChI=1S/C33H40N4O3S/c1-5-26-18-25(13-15-34-26)33-36-28(21-41-33)29-19-27(32(38)35-20-24-9-7-6-8-10-24)22(2)37(29)16-14-23-11-12-30(39-3)31(17-23)40-4/h11-13,15,17-19,21,24H,5-10,14,16,20H2,1-4H3,(H,35,38). The van der Waals surface area contributed by atoms with Gasteiger partial charge in [-0.05, 0) is 74.4 Å². The minimum absolute atomic E-state index is 0.00337. The van der Waals surface area contributed by atoms with Gasteiger partial charge >= 0.3 is 0 Å². The van der Waals surface area contributed by atoms with E-state index >= 15 is 0 Å². The molecule has 7 nitrogen and oxygen atoms in total. The minimum atomic E-state index is -0.00337. The van der Waals surface area contributed by atoms with E-state index in [1.54, 1.807) is 25.6 Å². The van der Waals surface area contributed by atoms with Crippen molar-refractivity contribution in [3.05, 3.63) is 70.5 Å². The summed E-state index contributed by atoms with van der Waals surface area (Å²) in [5.41, 5.74) is 6.75. The molecule has 0 saturated heterocycles. The highest BCUT2D eigenvalue weighted by atomic mass is 32.1. The van der Waals surface area contributed by atoms with Crippen LogP contribution in [0.5, 0.6) is 11.5 Å². The number of carbonyl (C=O) groups excluding carboxylic acids is 1. The third-order valence-corrected chi connectivity index (χ3v) is 9.04. The molecule has 1 aliphatic carbocycles. The second kappa shape index (κ2) is 13.3. The molecule has 1 saturated carbocycles. The Morgan fingerprint density at radius 2 is 1.88 bits per heavy atom. The summed E-state index contributed by atoms with van der Waals surface area (Å²) < 4.78 is 13.2. The van der Waals surface area contributed by atoms with E-state index in [4.69, 9.17) is 14.5 Å². The van der Waals surface area contributed by atoms with Gasteiger partial charge in [0, 0.05) is 41.6 Å². The molecule has 5 rings (SSSR count). The molecule has 0 unspecified atom stereocenters. The summed E-state index contributed by atoms with van der Waals surface area (Å²) >= 11 is 1.62. The molecule has 8 heteroatoms. The van der Waals surface area contributed by atoms with Crippen molar-refractivity contribution in [1.29, 1.82) is 0 Å². The number of nitrogens with one attached hydrogen (secondary N) is 1. The van der Waals surface area contributed by atoms with Crippen LogP contribution in [-0.4, -0.2) is 41.2 Å². The summed E-state index contributed by atoms with van der Waals surface area (Å²) in [5.74, 6) is 2.00. The van der Waals surface area contributed by atoms with Gasteiger partial charge < -0.3 is 19.4 Å². The lowest BCUT2D eigenvalue weighted by Gasteiger charge is -2.21. The highest BCUT2D eigenvalue weighted by Crippen LogP contribution is 2.33. The first-order valence-corrected chi connectivity index (χ1v) is 15.5. The summed E-state index contributed by atoms with van der Waals surface area (Å²) in [6, 6.07) is 12.1. The second-order valence-electron chi connectivity index (χ2n) is 10.8. The van der Waals surface area contributed by atoms with Gasteiger partial charge in [0.2, 0.25) is 0 Å². The molecule has 3 aromatic heterocycles. The average Bonchev–Trinajstić information content (AvgIpc) is 3.64. The minimum Gasteiger partial charge on any atom is -0.493 e. The molecular formula is C33H40N4O3S. The Bertz CT molecular complexity index is 1490. The van der Waals surface area contributed by atoms with Crippen LogP contribution in [0, 0.1) is 12.8 Å². The van der Waals surface area contributed by atoms with Crippen LogP contribution >= 0.6 is 11.3 Å². The van der Waals surface area contributed by atoms with Crippen LogP contribution in [0.25, 0.3) is 22.0 Å². The Morgan fingerprint density at radius 1 is 1.07 bits per heavy atom. The number of ether oxygens (including phenoxy) is 2. The third-order valence-electron chi connectivity index (χ3n) is 8.15. The average molecular weight is 573 g/mol. The van der Waals surface area contributed by atoms with Gasteiger partial charge in [-0.1, -0.05) is 32.3 Å². The van der Waals surface area contributed by atoms with Gasteiger partial charge in [-0.15, -0.1) is 11.3 Å². The number of amides is 1. The number of methoxy groups -OCH3 is 2. The molecule has 4 aromatic rings. The van der Waals surface area contributed by atoms with Crippen molar-refractivity contribution in [3.8, 4) is 33.5 Å². The monoisotopic (exact) mass is 572 g/mol. The van der Waals surface area contributed by atoms with Crippen molar-refractivity contribution >= 4 is 17.2 Å². The highest BCUT2D eigenvalue weighted by molar-refractivity contribution is 7.13. The van der Waals surface area contributed by atoms with Crippen molar-refractivity contribution < 1.29 is 14.3 Å². The summed E-state index contributed by atoms with van der Waals surface area (Å²) in [5, 5.41) is 6.28. The molecule has 0 atom stereocenters. The molecular weight excluding hydrogens is 532 g/mol. The first-order chi connectivity index (χ1) is 20.0. The summed E-state index contributed by atoms with van der Waals surface area (Å²) in [6.07, 6.45) is 9.74. The zero-order valence-electron chi connectivity index (χ0n) is 24.5. The number of aryl methyl sites for hydroxylation is 2.